The normalized spacial score (nSPS) is 12.2. The zero-order valence-corrected chi connectivity index (χ0v) is 13.0. The van der Waals surface area contributed by atoms with Crippen LogP contribution >= 0.6 is 11.6 Å². The van der Waals surface area contributed by atoms with E-state index < -0.39 is 0 Å². The van der Waals surface area contributed by atoms with E-state index in [0.717, 1.165) is 11.3 Å². The number of nitrogens with one attached hydrogen (secondary N) is 1. The van der Waals surface area contributed by atoms with Crippen molar-refractivity contribution in [2.24, 2.45) is 0 Å². The van der Waals surface area contributed by atoms with Crippen molar-refractivity contribution in [3.8, 4) is 5.75 Å². The summed E-state index contributed by atoms with van der Waals surface area (Å²) in [6, 6.07) is 12.9. The Morgan fingerprint density at radius 3 is 2.67 bits per heavy atom. The topological polar surface area (TPSA) is 21.3 Å². The van der Waals surface area contributed by atoms with E-state index in [1.807, 2.05) is 38.2 Å². The zero-order chi connectivity index (χ0) is 15.2. The molecule has 1 atom stereocenters. The number of rotatable bonds is 6. The molecule has 2 rings (SSSR count). The average molecular weight is 308 g/mol. The second-order valence-corrected chi connectivity index (χ2v) is 5.14. The van der Waals surface area contributed by atoms with Crippen molar-refractivity contribution in [3.63, 3.8) is 0 Å². The molecule has 21 heavy (non-hydrogen) atoms. The molecule has 0 amide bonds. The Morgan fingerprint density at radius 2 is 1.95 bits per heavy atom. The minimum absolute atomic E-state index is 0.0410. The fourth-order valence-corrected chi connectivity index (χ4v) is 2.54. The first kappa shape index (κ1) is 15.8. The average Bonchev–Trinajstić information content (AvgIpc) is 2.50. The molecule has 0 aromatic heterocycles. The summed E-state index contributed by atoms with van der Waals surface area (Å²) in [6.07, 6.45) is 0.507. The predicted molar refractivity (Wildman–Crippen MR) is 84.5 cm³/mol. The first-order chi connectivity index (χ1) is 10.2. The van der Waals surface area contributed by atoms with Gasteiger partial charge in [0.05, 0.1) is 11.6 Å². The number of benzene rings is 2. The van der Waals surface area contributed by atoms with Crippen LogP contribution in [0.4, 0.5) is 4.39 Å². The van der Waals surface area contributed by atoms with Gasteiger partial charge in [-0.2, -0.15) is 0 Å². The number of likely N-dealkylation sites (N-methyl/N-ethyl adjacent to an activating group) is 1. The van der Waals surface area contributed by atoms with Crippen LogP contribution in [0.2, 0.25) is 5.02 Å². The van der Waals surface area contributed by atoms with Gasteiger partial charge in [0.25, 0.3) is 0 Å². The van der Waals surface area contributed by atoms with Gasteiger partial charge < -0.3 is 10.1 Å². The third kappa shape index (κ3) is 3.74. The molecule has 0 radical (unpaired) electrons. The first-order valence-corrected chi connectivity index (χ1v) is 7.37. The molecule has 0 spiro atoms. The number of halogens is 2. The number of hydrogen-bond donors (Lipinski definition) is 1. The molecule has 112 valence electrons. The Hall–Kier alpha value is -1.58. The molecular weight excluding hydrogens is 289 g/mol. The Bertz CT molecular complexity index is 603. The van der Waals surface area contributed by atoms with Gasteiger partial charge in [0.2, 0.25) is 0 Å². The van der Waals surface area contributed by atoms with E-state index in [1.54, 1.807) is 18.2 Å². The molecule has 2 aromatic carbocycles. The van der Waals surface area contributed by atoms with Gasteiger partial charge in [-0.3, -0.25) is 0 Å². The highest BCUT2D eigenvalue weighted by Gasteiger charge is 2.17. The SMILES string of the molecule is CCOc1ccccc1C(Cc1cccc(Cl)c1F)NC. The fraction of sp³-hybridized carbons (Fsp3) is 0.294. The standard InChI is InChI=1S/C17H19ClFNO/c1-3-21-16-10-5-4-8-13(16)15(20-2)11-12-7-6-9-14(18)17(12)19/h4-10,15,20H,3,11H2,1-2H3. The van der Waals surface area contributed by atoms with Crippen LogP contribution in [0.15, 0.2) is 42.5 Å². The van der Waals surface area contributed by atoms with Crippen molar-refractivity contribution in [1.82, 2.24) is 5.32 Å². The summed E-state index contributed by atoms with van der Waals surface area (Å²) >= 11 is 5.85. The van der Waals surface area contributed by atoms with Crippen molar-refractivity contribution in [2.45, 2.75) is 19.4 Å². The van der Waals surface area contributed by atoms with Crippen molar-refractivity contribution >= 4 is 11.6 Å². The summed E-state index contributed by atoms with van der Waals surface area (Å²) in [4.78, 5) is 0. The van der Waals surface area contributed by atoms with E-state index in [-0.39, 0.29) is 16.9 Å². The maximum Gasteiger partial charge on any atom is 0.145 e. The lowest BCUT2D eigenvalue weighted by molar-refractivity contribution is 0.332. The second kappa shape index (κ2) is 7.43. The van der Waals surface area contributed by atoms with E-state index in [2.05, 4.69) is 5.32 Å². The lowest BCUT2D eigenvalue weighted by Crippen LogP contribution is -2.20. The second-order valence-electron chi connectivity index (χ2n) is 4.73. The maximum atomic E-state index is 14.1. The van der Waals surface area contributed by atoms with Gasteiger partial charge in [-0.05, 0) is 38.1 Å². The third-order valence-electron chi connectivity index (χ3n) is 3.40. The molecule has 0 saturated carbocycles. The molecule has 2 nitrogen and oxygen atoms in total. The van der Waals surface area contributed by atoms with Gasteiger partial charge in [-0.15, -0.1) is 0 Å². The summed E-state index contributed by atoms with van der Waals surface area (Å²) in [6.45, 7) is 2.54. The Balaban J connectivity index is 2.30. The lowest BCUT2D eigenvalue weighted by Gasteiger charge is -2.20. The summed E-state index contributed by atoms with van der Waals surface area (Å²) in [7, 11) is 1.86. The van der Waals surface area contributed by atoms with Crippen LogP contribution < -0.4 is 10.1 Å². The number of para-hydroxylation sites is 1. The van der Waals surface area contributed by atoms with Gasteiger partial charge in [0.1, 0.15) is 11.6 Å². The minimum atomic E-state index is -0.353. The van der Waals surface area contributed by atoms with E-state index >= 15 is 0 Å². The highest BCUT2D eigenvalue weighted by Crippen LogP contribution is 2.29. The Kier molecular flexibility index (Phi) is 5.59. The number of hydrogen-bond acceptors (Lipinski definition) is 2. The van der Waals surface area contributed by atoms with Crippen LogP contribution in [-0.2, 0) is 6.42 Å². The largest absolute Gasteiger partial charge is 0.494 e. The summed E-state index contributed by atoms with van der Waals surface area (Å²) in [5, 5.41) is 3.38. The minimum Gasteiger partial charge on any atom is -0.494 e. The maximum absolute atomic E-state index is 14.1. The Morgan fingerprint density at radius 1 is 1.19 bits per heavy atom. The van der Waals surface area contributed by atoms with Crippen LogP contribution in [0.25, 0.3) is 0 Å². The van der Waals surface area contributed by atoms with Crippen molar-refractivity contribution in [2.75, 3.05) is 13.7 Å². The van der Waals surface area contributed by atoms with Crippen LogP contribution in [0.5, 0.6) is 5.75 Å². The third-order valence-corrected chi connectivity index (χ3v) is 3.69. The fourth-order valence-electron chi connectivity index (χ4n) is 2.35. The molecule has 0 heterocycles. The van der Waals surface area contributed by atoms with Crippen LogP contribution in [0.1, 0.15) is 24.1 Å². The van der Waals surface area contributed by atoms with Gasteiger partial charge in [-0.1, -0.05) is 41.9 Å². The van der Waals surface area contributed by atoms with Crippen LogP contribution in [0, 0.1) is 5.82 Å². The van der Waals surface area contributed by atoms with E-state index in [9.17, 15) is 4.39 Å². The smallest absolute Gasteiger partial charge is 0.145 e. The molecule has 0 bridgehead atoms. The molecule has 1 N–H and O–H groups in total. The monoisotopic (exact) mass is 307 g/mol. The summed E-state index contributed by atoms with van der Waals surface area (Å²) in [5.41, 5.74) is 1.61. The molecule has 4 heteroatoms. The van der Waals surface area contributed by atoms with Crippen molar-refractivity contribution in [1.29, 1.82) is 0 Å². The summed E-state index contributed by atoms with van der Waals surface area (Å²) < 4.78 is 19.7. The van der Waals surface area contributed by atoms with Crippen molar-refractivity contribution < 1.29 is 9.13 Å². The lowest BCUT2D eigenvalue weighted by atomic mass is 9.98. The molecule has 0 fully saturated rings. The predicted octanol–water partition coefficient (Wildman–Crippen LogP) is 4.38. The zero-order valence-electron chi connectivity index (χ0n) is 12.2. The van der Waals surface area contributed by atoms with Crippen molar-refractivity contribution in [3.05, 3.63) is 64.4 Å². The molecule has 0 saturated heterocycles. The molecule has 1 unspecified atom stereocenters. The quantitative estimate of drug-likeness (QED) is 0.855. The highest BCUT2D eigenvalue weighted by atomic mass is 35.5. The molecule has 0 aliphatic carbocycles. The van der Waals surface area contributed by atoms with Gasteiger partial charge in [-0.25, -0.2) is 4.39 Å². The Labute approximate surface area is 129 Å². The number of ether oxygens (including phenoxy) is 1. The molecular formula is C17H19ClFNO. The molecule has 0 aliphatic heterocycles. The molecule has 2 aromatic rings. The highest BCUT2D eigenvalue weighted by molar-refractivity contribution is 6.30. The van der Waals surface area contributed by atoms with Gasteiger partial charge >= 0.3 is 0 Å². The van der Waals surface area contributed by atoms with E-state index in [4.69, 9.17) is 16.3 Å². The first-order valence-electron chi connectivity index (χ1n) is 6.99. The van der Waals surface area contributed by atoms with Crippen LogP contribution in [-0.4, -0.2) is 13.7 Å². The van der Waals surface area contributed by atoms with E-state index in [1.165, 1.54) is 0 Å². The summed E-state index contributed by atoms with van der Waals surface area (Å²) in [5.74, 6) is 0.468. The van der Waals surface area contributed by atoms with Gasteiger partial charge in [0.15, 0.2) is 0 Å². The molecule has 0 aliphatic rings. The van der Waals surface area contributed by atoms with Crippen LogP contribution in [0.3, 0.4) is 0 Å². The van der Waals surface area contributed by atoms with E-state index in [0.29, 0.717) is 18.6 Å². The van der Waals surface area contributed by atoms with Gasteiger partial charge in [0, 0.05) is 11.6 Å².